The minimum Gasteiger partial charge on any atom is -0.101 e. The number of hydrogen-bond acceptors (Lipinski definition) is 0. The summed E-state index contributed by atoms with van der Waals surface area (Å²) in [6.45, 7) is 6.33. The molecule has 0 heteroatoms. The van der Waals surface area contributed by atoms with E-state index in [4.69, 9.17) is 0 Å². The van der Waals surface area contributed by atoms with E-state index in [9.17, 15) is 0 Å². The van der Waals surface area contributed by atoms with Crippen LogP contribution in [0.3, 0.4) is 0 Å². The number of rotatable bonds is 0. The van der Waals surface area contributed by atoms with Gasteiger partial charge < -0.3 is 0 Å². The van der Waals surface area contributed by atoms with Gasteiger partial charge in [0, 0.05) is 5.57 Å². The van der Waals surface area contributed by atoms with Gasteiger partial charge in [0.1, 0.15) is 0 Å². The summed E-state index contributed by atoms with van der Waals surface area (Å²) in [5, 5.41) is 0. The van der Waals surface area contributed by atoms with E-state index in [-0.39, 0.29) is 0 Å². The predicted octanol–water partition coefficient (Wildman–Crippen LogP) is 2.92. The second-order valence-corrected chi connectivity index (χ2v) is 3.56. The number of allylic oxidation sites excluding steroid dienone is 4. The molecule has 0 radical (unpaired) electrons. The molecule has 1 aliphatic rings. The first-order chi connectivity index (χ1) is 5.14. The fraction of sp³-hybridized carbons (Fsp3) is 0.455. The van der Waals surface area contributed by atoms with E-state index in [2.05, 4.69) is 43.9 Å². The molecule has 0 nitrogen and oxygen atoms in total. The minimum absolute atomic E-state index is 0.332. The molecule has 0 N–H and O–H groups in total. The van der Waals surface area contributed by atoms with Crippen LogP contribution in [0.2, 0.25) is 0 Å². The monoisotopic (exact) mass is 146 g/mol. The van der Waals surface area contributed by atoms with Crippen LogP contribution in [0, 0.1) is 17.3 Å². The molecular formula is C11H14. The van der Waals surface area contributed by atoms with Gasteiger partial charge in [0.15, 0.2) is 0 Å². The molecular weight excluding hydrogens is 132 g/mol. The molecule has 0 amide bonds. The Bertz CT molecular complexity index is 253. The summed E-state index contributed by atoms with van der Waals surface area (Å²) in [6, 6.07) is 0. The van der Waals surface area contributed by atoms with Gasteiger partial charge in [-0.25, -0.2) is 0 Å². The van der Waals surface area contributed by atoms with Crippen LogP contribution in [0.4, 0.5) is 0 Å². The Hall–Kier alpha value is -0.960. The average molecular weight is 146 g/mol. The van der Waals surface area contributed by atoms with E-state index >= 15 is 0 Å². The van der Waals surface area contributed by atoms with Crippen LogP contribution in [0.5, 0.6) is 0 Å². The van der Waals surface area contributed by atoms with Crippen molar-refractivity contribution >= 4 is 0 Å². The van der Waals surface area contributed by atoms with Crippen LogP contribution in [0.15, 0.2) is 23.8 Å². The lowest BCUT2D eigenvalue weighted by molar-refractivity contribution is 0.483. The van der Waals surface area contributed by atoms with E-state index in [0.717, 1.165) is 12.0 Å². The molecule has 0 heterocycles. The van der Waals surface area contributed by atoms with Gasteiger partial charge in [-0.05, 0) is 18.8 Å². The lowest BCUT2D eigenvalue weighted by Gasteiger charge is -2.20. The molecule has 0 aromatic rings. The second kappa shape index (κ2) is 2.96. The van der Waals surface area contributed by atoms with Crippen molar-refractivity contribution in [2.75, 3.05) is 0 Å². The van der Waals surface area contributed by atoms with E-state index in [1.807, 2.05) is 6.92 Å². The molecule has 0 saturated heterocycles. The molecule has 0 unspecified atom stereocenters. The van der Waals surface area contributed by atoms with Crippen molar-refractivity contribution in [1.29, 1.82) is 0 Å². The summed E-state index contributed by atoms with van der Waals surface area (Å²) in [6.07, 6.45) is 7.65. The van der Waals surface area contributed by atoms with E-state index < -0.39 is 0 Å². The summed E-state index contributed by atoms with van der Waals surface area (Å²) in [5.41, 5.74) is 1.49. The Morgan fingerprint density at radius 3 is 2.64 bits per heavy atom. The summed E-state index contributed by atoms with van der Waals surface area (Å²) in [7, 11) is 0. The largest absolute Gasteiger partial charge is 0.101 e. The Labute approximate surface area is 69.0 Å². The quantitative estimate of drug-likeness (QED) is 0.461. The van der Waals surface area contributed by atoms with Crippen LogP contribution in [0.25, 0.3) is 0 Å². The van der Waals surface area contributed by atoms with Crippen molar-refractivity contribution in [2.45, 2.75) is 27.2 Å². The zero-order chi connectivity index (χ0) is 8.32. The fourth-order valence-corrected chi connectivity index (χ4v) is 1.06. The maximum atomic E-state index is 3.05. The highest BCUT2D eigenvalue weighted by molar-refractivity contribution is 5.40. The lowest BCUT2D eigenvalue weighted by atomic mass is 9.84. The third-order valence-corrected chi connectivity index (χ3v) is 1.83. The average Bonchev–Trinajstić information content (AvgIpc) is 1.94. The third-order valence-electron chi connectivity index (χ3n) is 1.83. The Morgan fingerprint density at radius 1 is 1.45 bits per heavy atom. The summed E-state index contributed by atoms with van der Waals surface area (Å²) in [4.78, 5) is 0. The molecule has 0 spiro atoms. The topological polar surface area (TPSA) is 0 Å². The Morgan fingerprint density at radius 2 is 2.18 bits per heavy atom. The lowest BCUT2D eigenvalue weighted by Crippen LogP contribution is -2.08. The summed E-state index contributed by atoms with van der Waals surface area (Å²) < 4.78 is 0. The van der Waals surface area contributed by atoms with Crippen molar-refractivity contribution in [3.05, 3.63) is 23.8 Å². The van der Waals surface area contributed by atoms with Crippen molar-refractivity contribution in [3.63, 3.8) is 0 Å². The van der Waals surface area contributed by atoms with Gasteiger partial charge in [-0.2, -0.15) is 0 Å². The van der Waals surface area contributed by atoms with Crippen molar-refractivity contribution in [1.82, 2.24) is 0 Å². The second-order valence-electron chi connectivity index (χ2n) is 3.56. The van der Waals surface area contributed by atoms with Gasteiger partial charge in [0.25, 0.3) is 0 Å². The molecule has 0 bridgehead atoms. The highest BCUT2D eigenvalue weighted by Crippen LogP contribution is 2.27. The standard InChI is InChI=1S/C11H14/c1-4-5-10-6-8-11(2,3)9-7-10/h6-8H,9H2,1-3H3. The van der Waals surface area contributed by atoms with Crippen molar-refractivity contribution < 1.29 is 0 Å². The van der Waals surface area contributed by atoms with Gasteiger partial charge in [-0.3, -0.25) is 0 Å². The normalized spacial score (nSPS) is 20.1. The zero-order valence-electron chi connectivity index (χ0n) is 7.44. The van der Waals surface area contributed by atoms with E-state index in [1.165, 1.54) is 0 Å². The molecule has 58 valence electrons. The van der Waals surface area contributed by atoms with E-state index in [1.54, 1.807) is 0 Å². The van der Waals surface area contributed by atoms with Gasteiger partial charge >= 0.3 is 0 Å². The minimum atomic E-state index is 0.332. The molecule has 1 rings (SSSR count). The van der Waals surface area contributed by atoms with Crippen LogP contribution >= 0.6 is 0 Å². The smallest absolute Gasteiger partial charge is 0.0202 e. The molecule has 1 aliphatic carbocycles. The molecule has 0 fully saturated rings. The molecule has 0 saturated carbocycles. The van der Waals surface area contributed by atoms with Gasteiger partial charge in [0.2, 0.25) is 0 Å². The van der Waals surface area contributed by atoms with Crippen molar-refractivity contribution in [3.8, 4) is 11.8 Å². The highest BCUT2D eigenvalue weighted by Gasteiger charge is 2.14. The first kappa shape index (κ1) is 8.14. The highest BCUT2D eigenvalue weighted by atomic mass is 14.2. The Balaban J connectivity index is 2.73. The molecule has 11 heavy (non-hydrogen) atoms. The Kier molecular flexibility index (Phi) is 2.19. The zero-order valence-corrected chi connectivity index (χ0v) is 7.44. The number of hydrogen-bond donors (Lipinski definition) is 0. The van der Waals surface area contributed by atoms with Crippen LogP contribution < -0.4 is 0 Å². The molecule has 0 aliphatic heterocycles. The molecule has 0 aromatic heterocycles. The maximum Gasteiger partial charge on any atom is 0.0202 e. The first-order valence-electron chi connectivity index (χ1n) is 3.96. The van der Waals surface area contributed by atoms with E-state index in [0.29, 0.717) is 5.41 Å². The van der Waals surface area contributed by atoms with Crippen LogP contribution in [0.1, 0.15) is 27.2 Å². The summed E-state index contributed by atoms with van der Waals surface area (Å²) >= 11 is 0. The van der Waals surface area contributed by atoms with Gasteiger partial charge in [0.05, 0.1) is 0 Å². The molecule has 0 aromatic carbocycles. The third kappa shape index (κ3) is 2.27. The molecule has 0 atom stereocenters. The van der Waals surface area contributed by atoms with Crippen LogP contribution in [-0.4, -0.2) is 0 Å². The van der Waals surface area contributed by atoms with Crippen molar-refractivity contribution in [2.24, 2.45) is 5.41 Å². The predicted molar refractivity (Wildman–Crippen MR) is 49.1 cm³/mol. The first-order valence-corrected chi connectivity index (χ1v) is 3.96. The fourth-order valence-electron chi connectivity index (χ4n) is 1.06. The van der Waals surface area contributed by atoms with Gasteiger partial charge in [-0.1, -0.05) is 38.0 Å². The maximum absolute atomic E-state index is 3.05. The van der Waals surface area contributed by atoms with Crippen LogP contribution in [-0.2, 0) is 0 Å². The summed E-state index contributed by atoms with van der Waals surface area (Å²) in [5.74, 6) is 5.94. The van der Waals surface area contributed by atoms with Gasteiger partial charge in [-0.15, -0.1) is 5.92 Å². The SMILES string of the molecule is CC#CC1=CCC(C)(C)C=C1.